The van der Waals surface area contributed by atoms with Crippen molar-refractivity contribution in [2.45, 2.75) is 31.7 Å². The van der Waals surface area contributed by atoms with Gasteiger partial charge >= 0.3 is 0 Å². The third-order valence-corrected chi connectivity index (χ3v) is 7.05. The summed E-state index contributed by atoms with van der Waals surface area (Å²) < 4.78 is 0. The van der Waals surface area contributed by atoms with Crippen molar-refractivity contribution >= 4 is 17.3 Å². The van der Waals surface area contributed by atoms with Crippen molar-refractivity contribution in [2.24, 2.45) is 5.92 Å². The molecule has 1 aromatic carbocycles. The third-order valence-electron chi connectivity index (χ3n) is 6.82. The molecule has 4 rings (SSSR count). The molecule has 0 aromatic heterocycles. The molecule has 4 nitrogen and oxygen atoms in total. The Kier molecular flexibility index (Phi) is 6.59. The summed E-state index contributed by atoms with van der Waals surface area (Å²) >= 11 is 6.18. The van der Waals surface area contributed by atoms with Crippen LogP contribution in [0.25, 0.3) is 0 Å². The van der Waals surface area contributed by atoms with Gasteiger partial charge in [-0.25, -0.2) is 0 Å². The van der Waals surface area contributed by atoms with E-state index in [1.807, 2.05) is 6.07 Å². The monoisotopic (exact) mass is 390 g/mol. The number of piperazine rings is 1. The van der Waals surface area contributed by atoms with Gasteiger partial charge in [-0.15, -0.1) is 0 Å². The minimum absolute atomic E-state index is 0.774. The lowest BCUT2D eigenvalue weighted by Gasteiger charge is -2.44. The van der Waals surface area contributed by atoms with Gasteiger partial charge in [-0.1, -0.05) is 17.7 Å². The minimum atomic E-state index is 0.774. The maximum absolute atomic E-state index is 6.18. The number of nitrogens with zero attached hydrogens (tertiary/aromatic N) is 4. The van der Waals surface area contributed by atoms with E-state index in [4.69, 9.17) is 11.6 Å². The molecule has 3 aliphatic rings. The highest BCUT2D eigenvalue weighted by Gasteiger charge is 2.30. The molecule has 0 bridgehead atoms. The van der Waals surface area contributed by atoms with Crippen LogP contribution in [-0.4, -0.2) is 86.7 Å². The second kappa shape index (κ2) is 9.13. The molecule has 0 spiro atoms. The molecule has 1 aromatic rings. The number of likely N-dealkylation sites (tertiary alicyclic amines) is 1. The van der Waals surface area contributed by atoms with Crippen LogP contribution in [-0.2, 0) is 0 Å². The average Bonchev–Trinajstić information content (AvgIpc) is 2.70. The summed E-state index contributed by atoms with van der Waals surface area (Å²) in [5, 5.41) is 0.845. The molecule has 0 aliphatic carbocycles. The number of anilines is 1. The highest BCUT2D eigenvalue weighted by atomic mass is 35.5. The molecule has 3 heterocycles. The molecular formula is C22H35ClN4. The summed E-state index contributed by atoms with van der Waals surface area (Å²) in [6, 6.07) is 9.10. The molecule has 5 heteroatoms. The fraction of sp³-hybridized carbons (Fsp3) is 0.727. The fourth-order valence-corrected chi connectivity index (χ4v) is 5.32. The molecular weight excluding hydrogens is 356 g/mol. The summed E-state index contributed by atoms with van der Waals surface area (Å²) in [6.45, 7) is 11.2. The van der Waals surface area contributed by atoms with Crippen molar-refractivity contribution in [1.29, 1.82) is 0 Å². The molecule has 3 saturated heterocycles. The lowest BCUT2D eigenvalue weighted by molar-refractivity contribution is 0.0718. The number of likely N-dealkylation sites (N-methyl/N-ethyl adjacent to an activating group) is 1. The average molecular weight is 391 g/mol. The molecule has 0 saturated carbocycles. The van der Waals surface area contributed by atoms with Crippen LogP contribution >= 0.6 is 11.6 Å². The highest BCUT2D eigenvalue weighted by Crippen LogP contribution is 2.28. The summed E-state index contributed by atoms with van der Waals surface area (Å²) in [7, 11) is 2.25. The van der Waals surface area contributed by atoms with Crippen molar-refractivity contribution in [3.05, 3.63) is 29.3 Å². The SMILES string of the molecule is CN1CCN(CC2CCCN(C3CCN(c4cccc(Cl)c4)CC3)C2)CC1. The van der Waals surface area contributed by atoms with Crippen LogP contribution in [0.3, 0.4) is 0 Å². The summed E-state index contributed by atoms with van der Waals surface area (Å²) in [5.41, 5.74) is 1.28. The molecule has 3 fully saturated rings. The number of halogens is 1. The number of hydrogen-bond acceptors (Lipinski definition) is 4. The van der Waals surface area contributed by atoms with Gasteiger partial charge in [-0.2, -0.15) is 0 Å². The van der Waals surface area contributed by atoms with Gasteiger partial charge < -0.3 is 14.7 Å². The topological polar surface area (TPSA) is 13.0 Å². The molecule has 0 radical (unpaired) electrons. The lowest BCUT2D eigenvalue weighted by atomic mass is 9.93. The molecule has 150 valence electrons. The van der Waals surface area contributed by atoms with E-state index in [-0.39, 0.29) is 0 Å². The van der Waals surface area contributed by atoms with Crippen LogP contribution in [0.4, 0.5) is 5.69 Å². The fourth-order valence-electron chi connectivity index (χ4n) is 5.14. The van der Waals surface area contributed by atoms with Crippen molar-refractivity contribution in [3.63, 3.8) is 0 Å². The van der Waals surface area contributed by atoms with Gasteiger partial charge in [0, 0.05) is 69.1 Å². The Bertz CT molecular complexity index is 594. The Morgan fingerprint density at radius 3 is 2.48 bits per heavy atom. The van der Waals surface area contributed by atoms with Crippen molar-refractivity contribution in [2.75, 3.05) is 70.9 Å². The van der Waals surface area contributed by atoms with Gasteiger partial charge in [0.05, 0.1) is 0 Å². The number of rotatable bonds is 4. The predicted octanol–water partition coefficient (Wildman–Crippen LogP) is 3.27. The van der Waals surface area contributed by atoms with Crippen molar-refractivity contribution in [1.82, 2.24) is 14.7 Å². The summed E-state index contributed by atoms with van der Waals surface area (Å²) in [5.74, 6) is 0.869. The lowest BCUT2D eigenvalue weighted by Crippen LogP contribution is -2.51. The minimum Gasteiger partial charge on any atom is -0.371 e. The quantitative estimate of drug-likeness (QED) is 0.782. The smallest absolute Gasteiger partial charge is 0.0426 e. The van der Waals surface area contributed by atoms with Crippen LogP contribution in [0.5, 0.6) is 0 Å². The summed E-state index contributed by atoms with van der Waals surface area (Å²) in [4.78, 5) is 10.5. The zero-order valence-corrected chi connectivity index (χ0v) is 17.6. The van der Waals surface area contributed by atoms with E-state index < -0.39 is 0 Å². The van der Waals surface area contributed by atoms with Gasteiger partial charge in [0.15, 0.2) is 0 Å². The first kappa shape index (κ1) is 19.5. The molecule has 0 amide bonds. The van der Waals surface area contributed by atoms with Crippen LogP contribution in [0.2, 0.25) is 5.02 Å². The van der Waals surface area contributed by atoms with Crippen LogP contribution in [0, 0.1) is 5.92 Å². The largest absolute Gasteiger partial charge is 0.371 e. The molecule has 1 unspecified atom stereocenters. The van der Waals surface area contributed by atoms with Crippen molar-refractivity contribution < 1.29 is 0 Å². The van der Waals surface area contributed by atoms with E-state index in [1.165, 1.54) is 77.2 Å². The number of piperidine rings is 2. The van der Waals surface area contributed by atoms with Gasteiger partial charge in [0.1, 0.15) is 0 Å². The normalized spacial score (nSPS) is 27.2. The Morgan fingerprint density at radius 1 is 0.963 bits per heavy atom. The van der Waals surface area contributed by atoms with Crippen LogP contribution < -0.4 is 4.90 Å². The standard InChI is InChI=1S/C22H35ClN4/c1-24-12-14-25(15-13-24)17-19-4-3-9-27(18-19)21-7-10-26(11-8-21)22-6-2-5-20(23)16-22/h2,5-6,16,19,21H,3-4,7-15,17-18H2,1H3. The van der Waals surface area contributed by atoms with Gasteiger partial charge in [0.2, 0.25) is 0 Å². The van der Waals surface area contributed by atoms with Crippen LogP contribution in [0.15, 0.2) is 24.3 Å². The zero-order chi connectivity index (χ0) is 18.6. The molecule has 3 aliphatic heterocycles. The highest BCUT2D eigenvalue weighted by molar-refractivity contribution is 6.30. The maximum atomic E-state index is 6.18. The van der Waals surface area contributed by atoms with Gasteiger partial charge in [-0.05, 0) is 63.4 Å². The first-order valence-corrected chi connectivity index (χ1v) is 11.2. The Labute approximate surface area is 170 Å². The number of benzene rings is 1. The van der Waals surface area contributed by atoms with E-state index in [0.717, 1.165) is 30.1 Å². The van der Waals surface area contributed by atoms with E-state index >= 15 is 0 Å². The molecule has 27 heavy (non-hydrogen) atoms. The predicted molar refractivity (Wildman–Crippen MR) is 115 cm³/mol. The zero-order valence-electron chi connectivity index (χ0n) is 16.8. The third kappa shape index (κ3) is 5.17. The number of hydrogen-bond donors (Lipinski definition) is 0. The van der Waals surface area contributed by atoms with E-state index in [0.29, 0.717) is 0 Å². The molecule has 1 atom stereocenters. The second-order valence-corrected chi connectivity index (χ2v) is 9.24. The van der Waals surface area contributed by atoms with Gasteiger partial charge in [0.25, 0.3) is 0 Å². The Morgan fingerprint density at radius 2 is 1.74 bits per heavy atom. The summed E-state index contributed by atoms with van der Waals surface area (Å²) in [6.07, 6.45) is 5.37. The van der Waals surface area contributed by atoms with Crippen LogP contribution in [0.1, 0.15) is 25.7 Å². The van der Waals surface area contributed by atoms with E-state index in [1.54, 1.807) is 0 Å². The van der Waals surface area contributed by atoms with E-state index in [2.05, 4.69) is 44.8 Å². The first-order chi connectivity index (χ1) is 13.2. The Balaban J connectivity index is 1.25. The maximum Gasteiger partial charge on any atom is 0.0426 e. The molecule has 0 N–H and O–H groups in total. The van der Waals surface area contributed by atoms with Crippen molar-refractivity contribution in [3.8, 4) is 0 Å². The second-order valence-electron chi connectivity index (χ2n) is 8.81. The van der Waals surface area contributed by atoms with E-state index in [9.17, 15) is 0 Å². The Hall–Kier alpha value is -0.810. The first-order valence-electron chi connectivity index (χ1n) is 10.8. The van der Waals surface area contributed by atoms with Gasteiger partial charge in [-0.3, -0.25) is 4.90 Å².